The number of ether oxygens (including phenoxy) is 1. The standard InChI is InChI=1S/C21H32N2O4S/c1-18(2)17-27-15-6-12-22-21(24)20-9-13-23(14-10-20)28(25,26)16-11-19-7-4-3-5-8-19/h3-5,7-8,11,16,18,20H,6,9-10,12-15,17H2,1-2H3,(H,22,24)/b16-11+. The molecule has 1 aliphatic heterocycles. The van der Waals surface area contributed by atoms with Gasteiger partial charge in [0.15, 0.2) is 0 Å². The van der Waals surface area contributed by atoms with Crippen LogP contribution in [0.3, 0.4) is 0 Å². The Morgan fingerprint density at radius 2 is 1.93 bits per heavy atom. The third-order valence-electron chi connectivity index (χ3n) is 4.63. The van der Waals surface area contributed by atoms with E-state index in [4.69, 9.17) is 4.74 Å². The van der Waals surface area contributed by atoms with Gasteiger partial charge in [0.25, 0.3) is 0 Å². The maximum absolute atomic E-state index is 12.5. The minimum Gasteiger partial charge on any atom is -0.381 e. The zero-order chi connectivity index (χ0) is 20.4. The first-order valence-corrected chi connectivity index (χ1v) is 11.5. The van der Waals surface area contributed by atoms with Gasteiger partial charge >= 0.3 is 0 Å². The largest absolute Gasteiger partial charge is 0.381 e. The molecule has 2 rings (SSSR count). The molecule has 6 nitrogen and oxygen atoms in total. The van der Waals surface area contributed by atoms with Gasteiger partial charge in [-0.2, -0.15) is 4.31 Å². The highest BCUT2D eigenvalue weighted by molar-refractivity contribution is 7.92. The predicted molar refractivity (Wildman–Crippen MR) is 112 cm³/mol. The van der Waals surface area contributed by atoms with E-state index in [1.807, 2.05) is 30.3 Å². The van der Waals surface area contributed by atoms with Gasteiger partial charge in [0, 0.05) is 44.2 Å². The molecule has 0 atom stereocenters. The minimum absolute atomic E-state index is 0.0146. The molecule has 0 aliphatic carbocycles. The maximum atomic E-state index is 12.5. The van der Waals surface area contributed by atoms with Gasteiger partial charge in [-0.05, 0) is 36.8 Å². The van der Waals surface area contributed by atoms with E-state index >= 15 is 0 Å². The predicted octanol–water partition coefficient (Wildman–Crippen LogP) is 2.88. The molecule has 1 fully saturated rings. The number of hydrogen-bond donors (Lipinski definition) is 1. The molecule has 1 saturated heterocycles. The first-order chi connectivity index (χ1) is 13.4. The van der Waals surface area contributed by atoms with Crippen LogP contribution in [0.15, 0.2) is 35.7 Å². The second kappa shape index (κ2) is 11.3. The summed E-state index contributed by atoms with van der Waals surface area (Å²) < 4.78 is 31.9. The molecular weight excluding hydrogens is 376 g/mol. The highest BCUT2D eigenvalue weighted by Crippen LogP contribution is 2.21. The first kappa shape index (κ1) is 22.6. The molecule has 0 radical (unpaired) electrons. The van der Waals surface area contributed by atoms with Crippen LogP contribution in [0.25, 0.3) is 6.08 Å². The van der Waals surface area contributed by atoms with Crippen molar-refractivity contribution in [3.8, 4) is 0 Å². The first-order valence-electron chi connectivity index (χ1n) is 9.97. The smallest absolute Gasteiger partial charge is 0.236 e. The molecule has 1 aliphatic rings. The van der Waals surface area contributed by atoms with Crippen molar-refractivity contribution in [2.24, 2.45) is 11.8 Å². The van der Waals surface area contributed by atoms with E-state index in [1.54, 1.807) is 6.08 Å². The number of nitrogens with one attached hydrogen (secondary N) is 1. The van der Waals surface area contributed by atoms with Crippen LogP contribution in [0.2, 0.25) is 0 Å². The molecule has 0 aromatic heterocycles. The summed E-state index contributed by atoms with van der Waals surface area (Å²) in [6, 6.07) is 9.34. The Hall–Kier alpha value is -1.70. The molecule has 1 heterocycles. The Balaban J connectivity index is 1.71. The van der Waals surface area contributed by atoms with Gasteiger partial charge in [0.05, 0.1) is 0 Å². The molecular formula is C21H32N2O4S. The minimum atomic E-state index is -3.46. The Kier molecular flexibility index (Phi) is 9.15. The highest BCUT2D eigenvalue weighted by Gasteiger charge is 2.29. The highest BCUT2D eigenvalue weighted by atomic mass is 32.2. The molecule has 1 aromatic rings. The van der Waals surface area contributed by atoms with Gasteiger partial charge in [-0.3, -0.25) is 4.79 Å². The second-order valence-electron chi connectivity index (χ2n) is 7.55. The van der Waals surface area contributed by atoms with E-state index in [0.29, 0.717) is 45.0 Å². The molecule has 156 valence electrons. The molecule has 0 saturated carbocycles. The molecule has 1 aromatic carbocycles. The van der Waals surface area contributed by atoms with Crippen molar-refractivity contribution in [2.45, 2.75) is 33.1 Å². The lowest BCUT2D eigenvalue weighted by Gasteiger charge is -2.29. The fourth-order valence-corrected chi connectivity index (χ4v) is 4.26. The van der Waals surface area contributed by atoms with Gasteiger partial charge in [-0.1, -0.05) is 44.2 Å². The fourth-order valence-electron chi connectivity index (χ4n) is 3.04. The summed E-state index contributed by atoms with van der Waals surface area (Å²) in [5, 5.41) is 4.19. The van der Waals surface area contributed by atoms with E-state index < -0.39 is 10.0 Å². The Morgan fingerprint density at radius 1 is 1.25 bits per heavy atom. The number of carbonyl (C=O) groups excluding carboxylic acids is 1. The SMILES string of the molecule is CC(C)COCCCNC(=O)C1CCN(S(=O)(=O)/C=C/c2ccccc2)CC1. The average molecular weight is 409 g/mol. The summed E-state index contributed by atoms with van der Waals surface area (Å²) in [5.41, 5.74) is 0.845. The van der Waals surface area contributed by atoms with E-state index in [-0.39, 0.29) is 11.8 Å². The van der Waals surface area contributed by atoms with Crippen LogP contribution in [0, 0.1) is 11.8 Å². The maximum Gasteiger partial charge on any atom is 0.236 e. The second-order valence-corrected chi connectivity index (χ2v) is 9.36. The topological polar surface area (TPSA) is 75.7 Å². The summed E-state index contributed by atoms with van der Waals surface area (Å²) in [7, 11) is -3.46. The zero-order valence-electron chi connectivity index (χ0n) is 16.8. The van der Waals surface area contributed by atoms with Crippen LogP contribution < -0.4 is 5.32 Å². The molecule has 0 unspecified atom stereocenters. The number of amides is 1. The van der Waals surface area contributed by atoms with Crippen LogP contribution >= 0.6 is 0 Å². The van der Waals surface area contributed by atoms with Crippen molar-refractivity contribution in [3.05, 3.63) is 41.3 Å². The lowest BCUT2D eigenvalue weighted by molar-refractivity contribution is -0.126. The Bertz CT molecular complexity index is 724. The number of piperidine rings is 1. The zero-order valence-corrected chi connectivity index (χ0v) is 17.7. The van der Waals surface area contributed by atoms with Crippen molar-refractivity contribution in [2.75, 3.05) is 32.8 Å². The quantitative estimate of drug-likeness (QED) is 0.604. The van der Waals surface area contributed by atoms with E-state index in [0.717, 1.165) is 18.6 Å². The van der Waals surface area contributed by atoms with Crippen molar-refractivity contribution < 1.29 is 17.9 Å². The molecule has 0 spiro atoms. The van der Waals surface area contributed by atoms with Crippen molar-refractivity contribution in [1.29, 1.82) is 0 Å². The van der Waals surface area contributed by atoms with Gasteiger partial charge in [0.1, 0.15) is 0 Å². The van der Waals surface area contributed by atoms with Crippen molar-refractivity contribution in [3.63, 3.8) is 0 Å². The average Bonchev–Trinajstić information content (AvgIpc) is 2.69. The van der Waals surface area contributed by atoms with Crippen LogP contribution in [0.5, 0.6) is 0 Å². The number of hydrogen-bond acceptors (Lipinski definition) is 4. The monoisotopic (exact) mass is 408 g/mol. The normalized spacial score (nSPS) is 16.7. The number of sulfonamides is 1. The van der Waals surface area contributed by atoms with Crippen molar-refractivity contribution in [1.82, 2.24) is 9.62 Å². The molecule has 7 heteroatoms. The van der Waals surface area contributed by atoms with Gasteiger partial charge < -0.3 is 10.1 Å². The molecule has 1 N–H and O–H groups in total. The summed E-state index contributed by atoms with van der Waals surface area (Å²) in [6.07, 6.45) is 3.49. The molecule has 28 heavy (non-hydrogen) atoms. The summed E-state index contributed by atoms with van der Waals surface area (Å²) in [5.74, 6) is 0.403. The third kappa shape index (κ3) is 7.73. The lowest BCUT2D eigenvalue weighted by Crippen LogP contribution is -2.42. The van der Waals surface area contributed by atoms with Crippen molar-refractivity contribution >= 4 is 22.0 Å². The summed E-state index contributed by atoms with van der Waals surface area (Å²) in [4.78, 5) is 12.3. The van der Waals surface area contributed by atoms with Gasteiger partial charge in [-0.15, -0.1) is 0 Å². The van der Waals surface area contributed by atoms with Crippen LogP contribution in [-0.4, -0.2) is 51.5 Å². The fraction of sp³-hybridized carbons (Fsp3) is 0.571. The summed E-state index contributed by atoms with van der Waals surface area (Å²) in [6.45, 7) is 6.92. The lowest BCUT2D eigenvalue weighted by atomic mass is 9.97. The van der Waals surface area contributed by atoms with E-state index in [2.05, 4.69) is 19.2 Å². The van der Waals surface area contributed by atoms with Gasteiger partial charge in [0.2, 0.25) is 15.9 Å². The van der Waals surface area contributed by atoms with E-state index in [1.165, 1.54) is 9.71 Å². The number of rotatable bonds is 10. The van der Waals surface area contributed by atoms with E-state index in [9.17, 15) is 13.2 Å². The van der Waals surface area contributed by atoms with Crippen LogP contribution in [-0.2, 0) is 19.6 Å². The van der Waals surface area contributed by atoms with Crippen LogP contribution in [0.1, 0.15) is 38.7 Å². The number of nitrogens with zero attached hydrogens (tertiary/aromatic N) is 1. The third-order valence-corrected chi connectivity index (χ3v) is 6.20. The van der Waals surface area contributed by atoms with Gasteiger partial charge in [-0.25, -0.2) is 8.42 Å². The molecule has 1 amide bonds. The Morgan fingerprint density at radius 3 is 2.57 bits per heavy atom. The number of benzene rings is 1. The Labute approximate surface area is 169 Å². The summed E-state index contributed by atoms with van der Waals surface area (Å²) >= 11 is 0. The molecule has 0 bridgehead atoms. The van der Waals surface area contributed by atoms with Crippen LogP contribution in [0.4, 0.5) is 0 Å². The number of carbonyl (C=O) groups is 1.